The Morgan fingerprint density at radius 2 is 1.65 bits per heavy atom. The number of hydrogen-bond donors (Lipinski definition) is 0. The summed E-state index contributed by atoms with van der Waals surface area (Å²) in [5, 5.41) is 4.53. The highest BCUT2D eigenvalue weighted by Crippen LogP contribution is 2.24. The van der Waals surface area contributed by atoms with Crippen LogP contribution in [0.1, 0.15) is 42.9 Å². The molecule has 34 heavy (non-hydrogen) atoms. The standard InChI is InChI=1S/C28H34N4O2/c1-20(2)23-8-10-24(11-9-23)25-12-13-28(34)32(29-25)15-14-27(33)31-18-16-30(17-19-31)26-7-5-6-21(3)22(26)4/h5-13,20H,14-19H2,1-4H3. The average Bonchev–Trinajstić information content (AvgIpc) is 2.85. The molecule has 1 aromatic heterocycles. The van der Waals surface area contributed by atoms with Crippen molar-refractivity contribution in [3.05, 3.63) is 81.6 Å². The molecule has 0 bridgehead atoms. The molecule has 178 valence electrons. The summed E-state index contributed by atoms with van der Waals surface area (Å²) >= 11 is 0. The Balaban J connectivity index is 1.36. The Bertz CT molecular complexity index is 1210. The predicted octanol–water partition coefficient (Wildman–Crippen LogP) is 4.39. The number of anilines is 1. The van der Waals surface area contributed by atoms with Gasteiger partial charge in [-0.3, -0.25) is 9.59 Å². The molecule has 0 N–H and O–H groups in total. The Labute approximate surface area is 201 Å². The van der Waals surface area contributed by atoms with E-state index in [1.807, 2.05) is 17.0 Å². The van der Waals surface area contributed by atoms with E-state index in [9.17, 15) is 9.59 Å². The third kappa shape index (κ3) is 5.22. The number of carbonyl (C=O) groups excluding carboxylic acids is 1. The number of aryl methyl sites for hydroxylation is 2. The molecule has 2 heterocycles. The lowest BCUT2D eigenvalue weighted by atomic mass is 10.0. The number of rotatable bonds is 6. The van der Waals surface area contributed by atoms with Gasteiger partial charge in [0.2, 0.25) is 5.91 Å². The van der Waals surface area contributed by atoms with Crippen LogP contribution in [0.2, 0.25) is 0 Å². The Hall–Kier alpha value is -3.41. The molecule has 6 heteroatoms. The van der Waals surface area contributed by atoms with Crippen LogP contribution < -0.4 is 10.5 Å². The SMILES string of the molecule is Cc1cccc(N2CCN(C(=O)CCn3nc(-c4ccc(C(C)C)cc4)ccc3=O)CC2)c1C. The zero-order chi connectivity index (χ0) is 24.2. The molecule has 0 atom stereocenters. The predicted molar refractivity (Wildman–Crippen MR) is 137 cm³/mol. The van der Waals surface area contributed by atoms with E-state index in [1.54, 1.807) is 6.07 Å². The molecule has 0 aliphatic carbocycles. The van der Waals surface area contributed by atoms with Crippen LogP contribution in [0.15, 0.2) is 59.4 Å². The van der Waals surface area contributed by atoms with Gasteiger partial charge in [0.15, 0.2) is 0 Å². The minimum Gasteiger partial charge on any atom is -0.368 e. The third-order valence-electron chi connectivity index (χ3n) is 6.83. The van der Waals surface area contributed by atoms with Crippen LogP contribution in [-0.4, -0.2) is 46.8 Å². The number of amides is 1. The van der Waals surface area contributed by atoms with E-state index >= 15 is 0 Å². The highest BCUT2D eigenvalue weighted by atomic mass is 16.2. The van der Waals surface area contributed by atoms with Crippen LogP contribution in [0.5, 0.6) is 0 Å². The van der Waals surface area contributed by atoms with Crippen molar-refractivity contribution in [2.45, 2.75) is 46.6 Å². The molecule has 0 unspecified atom stereocenters. The molecule has 0 radical (unpaired) electrons. The number of benzene rings is 2. The van der Waals surface area contributed by atoms with E-state index in [0.29, 0.717) is 19.0 Å². The largest absolute Gasteiger partial charge is 0.368 e. The van der Waals surface area contributed by atoms with Crippen LogP contribution in [-0.2, 0) is 11.3 Å². The second kappa shape index (κ2) is 10.2. The number of nitrogens with zero attached hydrogens (tertiary/aromatic N) is 4. The maximum Gasteiger partial charge on any atom is 0.266 e. The van der Waals surface area contributed by atoms with Crippen LogP contribution in [0, 0.1) is 13.8 Å². The van der Waals surface area contributed by atoms with Gasteiger partial charge in [0.05, 0.1) is 12.2 Å². The second-order valence-electron chi connectivity index (χ2n) is 9.39. The molecule has 2 aromatic carbocycles. The van der Waals surface area contributed by atoms with Gasteiger partial charge >= 0.3 is 0 Å². The maximum absolute atomic E-state index is 12.9. The first-order valence-electron chi connectivity index (χ1n) is 12.1. The summed E-state index contributed by atoms with van der Waals surface area (Å²) < 4.78 is 1.41. The average molecular weight is 459 g/mol. The highest BCUT2D eigenvalue weighted by molar-refractivity contribution is 5.76. The minimum absolute atomic E-state index is 0.0704. The molecule has 1 fully saturated rings. The van der Waals surface area contributed by atoms with Crippen molar-refractivity contribution in [2.24, 2.45) is 0 Å². The maximum atomic E-state index is 12.9. The Morgan fingerprint density at radius 3 is 2.32 bits per heavy atom. The summed E-state index contributed by atoms with van der Waals surface area (Å²) in [4.78, 5) is 29.5. The first kappa shape index (κ1) is 23.7. The molecular formula is C28H34N4O2. The molecule has 0 saturated carbocycles. The summed E-state index contributed by atoms with van der Waals surface area (Å²) in [6.07, 6.45) is 0.270. The Kier molecular flexibility index (Phi) is 7.15. The zero-order valence-electron chi connectivity index (χ0n) is 20.6. The fourth-order valence-electron chi connectivity index (χ4n) is 4.44. The van der Waals surface area contributed by atoms with Gasteiger partial charge in [-0.1, -0.05) is 50.2 Å². The van der Waals surface area contributed by atoms with Gasteiger partial charge in [-0.05, 0) is 48.6 Å². The van der Waals surface area contributed by atoms with E-state index in [4.69, 9.17) is 0 Å². The number of aromatic nitrogens is 2. The van der Waals surface area contributed by atoms with Gasteiger partial charge in [-0.25, -0.2) is 4.68 Å². The first-order valence-corrected chi connectivity index (χ1v) is 12.1. The monoisotopic (exact) mass is 458 g/mol. The van der Waals surface area contributed by atoms with Crippen molar-refractivity contribution in [1.82, 2.24) is 14.7 Å². The summed E-state index contributed by atoms with van der Waals surface area (Å²) in [5.41, 5.74) is 6.62. The quantitative estimate of drug-likeness (QED) is 0.550. The molecule has 1 amide bonds. The summed E-state index contributed by atoms with van der Waals surface area (Å²) in [5.74, 6) is 0.533. The van der Waals surface area contributed by atoms with Gasteiger partial charge in [0.1, 0.15) is 0 Å². The van der Waals surface area contributed by atoms with E-state index in [1.165, 1.54) is 33.1 Å². The summed E-state index contributed by atoms with van der Waals surface area (Å²) in [6, 6.07) is 17.9. The van der Waals surface area contributed by atoms with E-state index in [2.05, 4.69) is 68.0 Å². The van der Waals surface area contributed by atoms with Gasteiger partial charge in [0.25, 0.3) is 5.56 Å². The van der Waals surface area contributed by atoms with Crippen molar-refractivity contribution in [3.63, 3.8) is 0 Å². The molecule has 0 spiro atoms. The van der Waals surface area contributed by atoms with Crippen molar-refractivity contribution in [1.29, 1.82) is 0 Å². The third-order valence-corrected chi connectivity index (χ3v) is 6.83. The van der Waals surface area contributed by atoms with Crippen molar-refractivity contribution >= 4 is 11.6 Å². The highest BCUT2D eigenvalue weighted by Gasteiger charge is 2.22. The van der Waals surface area contributed by atoms with Crippen molar-refractivity contribution in [2.75, 3.05) is 31.1 Å². The molecule has 1 aliphatic rings. The molecule has 1 aliphatic heterocycles. The Morgan fingerprint density at radius 1 is 0.941 bits per heavy atom. The molecule has 4 rings (SSSR count). The molecule has 6 nitrogen and oxygen atoms in total. The smallest absolute Gasteiger partial charge is 0.266 e. The molecule has 1 saturated heterocycles. The summed E-state index contributed by atoms with van der Waals surface area (Å²) in [6.45, 7) is 11.9. The van der Waals surface area contributed by atoms with Crippen LogP contribution in [0.25, 0.3) is 11.3 Å². The van der Waals surface area contributed by atoms with E-state index in [-0.39, 0.29) is 24.4 Å². The zero-order valence-corrected chi connectivity index (χ0v) is 20.6. The van der Waals surface area contributed by atoms with E-state index < -0.39 is 0 Å². The lowest BCUT2D eigenvalue weighted by Gasteiger charge is -2.37. The van der Waals surface area contributed by atoms with Crippen LogP contribution >= 0.6 is 0 Å². The normalized spacial score (nSPS) is 14.0. The topological polar surface area (TPSA) is 58.4 Å². The van der Waals surface area contributed by atoms with Gasteiger partial charge in [0, 0.05) is 49.9 Å². The van der Waals surface area contributed by atoms with E-state index in [0.717, 1.165) is 24.3 Å². The van der Waals surface area contributed by atoms with Crippen molar-refractivity contribution in [3.8, 4) is 11.3 Å². The molecular weight excluding hydrogens is 424 g/mol. The van der Waals surface area contributed by atoms with Crippen LogP contribution in [0.4, 0.5) is 5.69 Å². The summed E-state index contributed by atoms with van der Waals surface area (Å²) in [7, 11) is 0. The number of piperazine rings is 1. The first-order chi connectivity index (χ1) is 16.3. The van der Waals surface area contributed by atoms with Gasteiger partial charge in [-0.15, -0.1) is 0 Å². The lowest BCUT2D eigenvalue weighted by molar-refractivity contribution is -0.131. The number of carbonyl (C=O) groups is 1. The van der Waals surface area contributed by atoms with Crippen LogP contribution in [0.3, 0.4) is 0 Å². The lowest BCUT2D eigenvalue weighted by Crippen LogP contribution is -2.49. The second-order valence-corrected chi connectivity index (χ2v) is 9.39. The van der Waals surface area contributed by atoms with Gasteiger partial charge in [-0.2, -0.15) is 5.10 Å². The molecule has 3 aromatic rings. The van der Waals surface area contributed by atoms with Gasteiger partial charge < -0.3 is 9.80 Å². The fraction of sp³-hybridized carbons (Fsp3) is 0.393. The number of hydrogen-bond acceptors (Lipinski definition) is 4. The minimum atomic E-state index is -0.185. The van der Waals surface area contributed by atoms with Crippen molar-refractivity contribution < 1.29 is 4.79 Å². The fourth-order valence-corrected chi connectivity index (χ4v) is 4.44.